The zero-order chi connectivity index (χ0) is 19.1. The third-order valence-corrected chi connectivity index (χ3v) is 4.30. The molecule has 0 bridgehead atoms. The molecule has 3 aromatic rings. The van der Waals surface area contributed by atoms with E-state index in [9.17, 15) is 10.1 Å². The average Bonchev–Trinajstić information content (AvgIpc) is 2.68. The van der Waals surface area contributed by atoms with Crippen molar-refractivity contribution in [2.75, 3.05) is 5.43 Å². The van der Waals surface area contributed by atoms with Crippen molar-refractivity contribution in [1.82, 2.24) is 0 Å². The fourth-order valence-electron chi connectivity index (χ4n) is 2.29. The zero-order valence-electron chi connectivity index (χ0n) is 14.2. The van der Waals surface area contributed by atoms with Crippen LogP contribution in [0.2, 0.25) is 0 Å². The van der Waals surface area contributed by atoms with Crippen LogP contribution in [0, 0.1) is 10.1 Å². The highest BCUT2D eigenvalue weighted by atomic mass is 79.9. The van der Waals surface area contributed by atoms with Gasteiger partial charge in [-0.05, 0) is 57.4 Å². The summed E-state index contributed by atoms with van der Waals surface area (Å²) in [4.78, 5) is 10.2. The Morgan fingerprint density at radius 3 is 2.48 bits per heavy atom. The smallest absolute Gasteiger partial charge is 0.269 e. The Morgan fingerprint density at radius 1 is 1.07 bits per heavy atom. The van der Waals surface area contributed by atoms with Crippen molar-refractivity contribution in [3.8, 4) is 5.75 Å². The van der Waals surface area contributed by atoms with Gasteiger partial charge in [0, 0.05) is 12.1 Å². The third-order valence-electron chi connectivity index (χ3n) is 3.68. The van der Waals surface area contributed by atoms with E-state index in [1.54, 1.807) is 18.3 Å². The summed E-state index contributed by atoms with van der Waals surface area (Å²) in [6.45, 7) is 0.495. The molecule has 0 spiro atoms. The minimum Gasteiger partial charge on any atom is -0.488 e. The summed E-state index contributed by atoms with van der Waals surface area (Å²) >= 11 is 3.51. The van der Waals surface area contributed by atoms with Gasteiger partial charge in [0.05, 0.1) is 21.3 Å². The minimum atomic E-state index is -0.438. The van der Waals surface area contributed by atoms with Crippen molar-refractivity contribution in [3.05, 3.63) is 98.5 Å². The van der Waals surface area contributed by atoms with Gasteiger partial charge < -0.3 is 4.74 Å². The largest absolute Gasteiger partial charge is 0.488 e. The van der Waals surface area contributed by atoms with Crippen molar-refractivity contribution in [1.29, 1.82) is 0 Å². The number of non-ortho nitro benzene ring substituents is 1. The number of nitro groups is 1. The Labute approximate surface area is 164 Å². The summed E-state index contributed by atoms with van der Waals surface area (Å²) in [7, 11) is 0. The molecule has 3 rings (SSSR count). The molecule has 27 heavy (non-hydrogen) atoms. The summed E-state index contributed by atoms with van der Waals surface area (Å²) in [6, 6.07) is 21.7. The van der Waals surface area contributed by atoms with E-state index in [0.717, 1.165) is 21.3 Å². The second kappa shape index (κ2) is 8.95. The van der Waals surface area contributed by atoms with Gasteiger partial charge in [0.1, 0.15) is 12.4 Å². The second-order valence-corrected chi connectivity index (χ2v) is 6.49. The van der Waals surface area contributed by atoms with Crippen LogP contribution in [0.25, 0.3) is 0 Å². The van der Waals surface area contributed by atoms with Crippen LogP contribution in [0.15, 0.2) is 82.4 Å². The summed E-state index contributed by atoms with van der Waals surface area (Å²) in [5.41, 5.74) is 5.52. The molecular formula is C20H16BrN3O3. The monoisotopic (exact) mass is 425 g/mol. The zero-order valence-corrected chi connectivity index (χ0v) is 15.8. The number of nitro benzene ring substituents is 1. The Bertz CT molecular complexity index is 944. The first-order valence-corrected chi connectivity index (χ1v) is 8.91. The van der Waals surface area contributed by atoms with Gasteiger partial charge in [-0.3, -0.25) is 15.5 Å². The van der Waals surface area contributed by atoms with Gasteiger partial charge in [-0.1, -0.05) is 30.3 Å². The Balaban J connectivity index is 1.58. The molecule has 136 valence electrons. The molecule has 0 saturated heterocycles. The summed E-state index contributed by atoms with van der Waals surface area (Å²) in [5.74, 6) is 0.749. The van der Waals surface area contributed by atoms with Crippen molar-refractivity contribution < 1.29 is 9.66 Å². The lowest BCUT2D eigenvalue weighted by Gasteiger charge is -2.09. The van der Waals surface area contributed by atoms with Crippen molar-refractivity contribution in [3.63, 3.8) is 0 Å². The molecule has 0 saturated carbocycles. The maximum Gasteiger partial charge on any atom is 0.269 e. The molecule has 0 aromatic heterocycles. The van der Waals surface area contributed by atoms with E-state index < -0.39 is 4.92 Å². The van der Waals surface area contributed by atoms with Gasteiger partial charge in [-0.25, -0.2) is 0 Å². The molecule has 0 amide bonds. The Kier molecular flexibility index (Phi) is 6.17. The lowest BCUT2D eigenvalue weighted by atomic mass is 10.2. The van der Waals surface area contributed by atoms with Crippen LogP contribution in [0.5, 0.6) is 5.75 Å². The first-order chi connectivity index (χ1) is 13.1. The van der Waals surface area contributed by atoms with Crippen LogP contribution >= 0.6 is 15.9 Å². The third kappa shape index (κ3) is 5.39. The molecule has 0 heterocycles. The van der Waals surface area contributed by atoms with E-state index >= 15 is 0 Å². The van der Waals surface area contributed by atoms with Gasteiger partial charge >= 0.3 is 0 Å². The van der Waals surface area contributed by atoms with Gasteiger partial charge in [0.15, 0.2) is 0 Å². The Hall–Kier alpha value is -3.19. The number of benzene rings is 3. The summed E-state index contributed by atoms with van der Waals surface area (Å²) in [6.07, 6.45) is 1.66. The number of anilines is 1. The van der Waals surface area contributed by atoms with Crippen LogP contribution < -0.4 is 10.2 Å². The molecule has 0 atom stereocenters. The fraction of sp³-hybridized carbons (Fsp3) is 0.0500. The highest BCUT2D eigenvalue weighted by molar-refractivity contribution is 9.10. The maximum absolute atomic E-state index is 10.6. The molecule has 6 nitrogen and oxygen atoms in total. The molecule has 1 N–H and O–H groups in total. The van der Waals surface area contributed by atoms with Crippen LogP contribution in [-0.4, -0.2) is 11.1 Å². The normalized spacial score (nSPS) is 10.7. The number of halogens is 1. The number of ether oxygens (including phenoxy) is 1. The van der Waals surface area contributed by atoms with Crippen LogP contribution in [0.3, 0.4) is 0 Å². The van der Waals surface area contributed by atoms with Gasteiger partial charge in [0.2, 0.25) is 0 Å². The quantitative estimate of drug-likeness (QED) is 0.313. The minimum absolute atomic E-state index is 0.0413. The highest BCUT2D eigenvalue weighted by Gasteiger charge is 2.04. The summed E-state index contributed by atoms with van der Waals surface area (Å²) in [5, 5.41) is 14.8. The molecule has 0 radical (unpaired) electrons. The lowest BCUT2D eigenvalue weighted by molar-refractivity contribution is -0.384. The molecule has 0 aliphatic heterocycles. The molecular weight excluding hydrogens is 410 g/mol. The van der Waals surface area contributed by atoms with E-state index in [2.05, 4.69) is 26.5 Å². The van der Waals surface area contributed by atoms with E-state index in [1.807, 2.05) is 48.5 Å². The molecule has 0 aliphatic rings. The van der Waals surface area contributed by atoms with Crippen LogP contribution in [0.4, 0.5) is 11.4 Å². The number of hydrogen-bond acceptors (Lipinski definition) is 5. The predicted octanol–water partition coefficient (Wildman–Crippen LogP) is 5.38. The van der Waals surface area contributed by atoms with Crippen LogP contribution in [-0.2, 0) is 6.61 Å². The van der Waals surface area contributed by atoms with E-state index in [0.29, 0.717) is 12.3 Å². The fourth-order valence-corrected chi connectivity index (χ4v) is 2.80. The molecule has 7 heteroatoms. The SMILES string of the molecule is O=[N+]([O-])c1ccc(N/N=C\c2ccc(OCc3ccccc3)c(Br)c2)cc1. The topological polar surface area (TPSA) is 76.8 Å². The number of nitrogens with one attached hydrogen (secondary N) is 1. The van der Waals surface area contributed by atoms with Crippen LogP contribution in [0.1, 0.15) is 11.1 Å². The van der Waals surface area contributed by atoms with Crippen molar-refractivity contribution in [2.45, 2.75) is 6.61 Å². The molecule has 0 aliphatic carbocycles. The number of nitrogens with zero attached hydrogens (tertiary/aromatic N) is 2. The first-order valence-electron chi connectivity index (χ1n) is 8.11. The number of rotatable bonds is 7. The predicted molar refractivity (Wildman–Crippen MR) is 109 cm³/mol. The van der Waals surface area contributed by atoms with E-state index in [4.69, 9.17) is 4.74 Å². The highest BCUT2D eigenvalue weighted by Crippen LogP contribution is 2.26. The first kappa shape index (κ1) is 18.6. The number of hydrazone groups is 1. The maximum atomic E-state index is 10.6. The van der Waals surface area contributed by atoms with E-state index in [1.165, 1.54) is 12.1 Å². The van der Waals surface area contributed by atoms with Crippen molar-refractivity contribution in [2.24, 2.45) is 5.10 Å². The molecule has 0 unspecified atom stereocenters. The lowest BCUT2D eigenvalue weighted by Crippen LogP contribution is -1.96. The molecule has 3 aromatic carbocycles. The van der Waals surface area contributed by atoms with E-state index in [-0.39, 0.29) is 5.69 Å². The standard InChI is InChI=1S/C20H16BrN3O3/c21-19-12-16(6-11-20(19)27-14-15-4-2-1-3-5-15)13-22-23-17-7-9-18(10-8-17)24(25)26/h1-13,23H,14H2/b22-13-. The van der Waals surface area contributed by atoms with Gasteiger partial charge in [0.25, 0.3) is 5.69 Å². The van der Waals surface area contributed by atoms with Crippen molar-refractivity contribution >= 4 is 33.5 Å². The summed E-state index contributed by atoms with van der Waals surface area (Å²) < 4.78 is 6.65. The van der Waals surface area contributed by atoms with Gasteiger partial charge in [-0.15, -0.1) is 0 Å². The average molecular weight is 426 g/mol. The van der Waals surface area contributed by atoms with Gasteiger partial charge in [-0.2, -0.15) is 5.10 Å². The number of hydrogen-bond donors (Lipinski definition) is 1. The molecule has 0 fully saturated rings. The second-order valence-electron chi connectivity index (χ2n) is 5.64. The Morgan fingerprint density at radius 2 is 1.81 bits per heavy atom.